The minimum atomic E-state index is -0.557. The van der Waals surface area contributed by atoms with Crippen LogP contribution in [0.4, 0.5) is 16.3 Å². The molecule has 46 heavy (non-hydrogen) atoms. The molecule has 2 aromatic heterocycles. The summed E-state index contributed by atoms with van der Waals surface area (Å²) in [7, 11) is 3.55. The molecule has 3 heterocycles. The lowest BCUT2D eigenvalue weighted by Gasteiger charge is -2.24. The third kappa shape index (κ3) is 6.62. The van der Waals surface area contributed by atoms with Crippen molar-refractivity contribution in [1.29, 1.82) is 0 Å². The zero-order valence-corrected chi connectivity index (χ0v) is 26.8. The Labute approximate surface area is 268 Å². The van der Waals surface area contributed by atoms with Gasteiger partial charge in [-0.1, -0.05) is 24.3 Å². The molecular weight excluding hydrogens is 582 g/mol. The maximum atomic E-state index is 13.8. The van der Waals surface area contributed by atoms with Crippen LogP contribution in [0, 0.1) is 6.57 Å². The number of hydrogen-bond donors (Lipinski definition) is 0. The van der Waals surface area contributed by atoms with E-state index in [2.05, 4.69) is 21.1 Å². The molecule has 1 fully saturated rings. The highest BCUT2D eigenvalue weighted by atomic mass is 16.6. The standard InChI is InChI=1S/C35H37N7O4/c1-35(2,3)46-34(44)40(5)13-14-45-20-22-7-8-24-19-42(33(43)28(24)15-22)31-17-25(16-30(38-31)23-9-10-23)27-12-11-26(36-4)18-29(27)32-39-37-21-41(32)6/h7-8,11-12,15-18,21,23H,9-10,13-14,19-20H2,1-3,5-6H3. The van der Waals surface area contributed by atoms with Crippen molar-refractivity contribution >= 4 is 23.5 Å². The second-order valence-electron chi connectivity index (χ2n) is 12.9. The van der Waals surface area contributed by atoms with Gasteiger partial charge in [-0.2, -0.15) is 0 Å². The van der Waals surface area contributed by atoms with Gasteiger partial charge >= 0.3 is 6.09 Å². The van der Waals surface area contributed by atoms with Crippen molar-refractivity contribution in [2.24, 2.45) is 7.05 Å². The maximum absolute atomic E-state index is 13.8. The third-order valence-corrected chi connectivity index (χ3v) is 8.02. The summed E-state index contributed by atoms with van der Waals surface area (Å²) in [6, 6.07) is 15.4. The Morgan fingerprint density at radius 2 is 1.89 bits per heavy atom. The molecule has 11 heteroatoms. The molecule has 6 rings (SSSR count). The minimum absolute atomic E-state index is 0.107. The maximum Gasteiger partial charge on any atom is 0.410 e. The van der Waals surface area contributed by atoms with E-state index < -0.39 is 11.7 Å². The SMILES string of the molecule is [C-]#[N+]c1ccc(-c2cc(C3CC3)nc(N3Cc4ccc(COCCN(C)C(=O)OC(C)(C)C)cc4C3=O)c2)c(-c2nncn2C)c1. The van der Waals surface area contributed by atoms with Gasteiger partial charge in [0.2, 0.25) is 0 Å². The zero-order chi connectivity index (χ0) is 32.6. The van der Waals surface area contributed by atoms with E-state index in [0.29, 0.717) is 55.1 Å². The van der Waals surface area contributed by atoms with Crippen LogP contribution in [0.25, 0.3) is 27.4 Å². The van der Waals surface area contributed by atoms with Gasteiger partial charge in [-0.25, -0.2) is 14.6 Å². The van der Waals surface area contributed by atoms with E-state index in [0.717, 1.165) is 46.4 Å². The highest BCUT2D eigenvalue weighted by Crippen LogP contribution is 2.43. The number of carbonyl (C=O) groups is 2. The summed E-state index contributed by atoms with van der Waals surface area (Å²) in [5, 5.41) is 8.37. The fourth-order valence-electron chi connectivity index (χ4n) is 5.43. The number of hydrogen-bond acceptors (Lipinski definition) is 7. The Kier molecular flexibility index (Phi) is 8.32. The highest BCUT2D eigenvalue weighted by molar-refractivity contribution is 6.10. The number of amides is 2. The summed E-state index contributed by atoms with van der Waals surface area (Å²) in [6.45, 7) is 14.5. The molecule has 0 N–H and O–H groups in total. The van der Waals surface area contributed by atoms with Crippen LogP contribution in [0.1, 0.15) is 66.7 Å². The summed E-state index contributed by atoms with van der Waals surface area (Å²) < 4.78 is 13.1. The Bertz CT molecular complexity index is 1850. The van der Waals surface area contributed by atoms with Gasteiger partial charge < -0.3 is 18.9 Å². The molecule has 2 aliphatic rings. The van der Waals surface area contributed by atoms with E-state index in [1.54, 1.807) is 24.3 Å². The molecule has 1 aliphatic heterocycles. The fraction of sp³-hybridized carbons (Fsp3) is 0.371. The fourth-order valence-corrected chi connectivity index (χ4v) is 5.43. The van der Waals surface area contributed by atoms with Crippen LogP contribution < -0.4 is 4.90 Å². The van der Waals surface area contributed by atoms with E-state index in [4.69, 9.17) is 21.0 Å². The first-order valence-corrected chi connectivity index (χ1v) is 15.3. The summed E-state index contributed by atoms with van der Waals surface area (Å²) >= 11 is 0. The third-order valence-electron chi connectivity index (χ3n) is 8.02. The van der Waals surface area contributed by atoms with Crippen LogP contribution in [0.2, 0.25) is 0 Å². The van der Waals surface area contributed by atoms with Crippen LogP contribution in [0.15, 0.2) is 54.9 Å². The topological polar surface area (TPSA) is 107 Å². The highest BCUT2D eigenvalue weighted by Gasteiger charge is 2.32. The van der Waals surface area contributed by atoms with Crippen LogP contribution in [0.5, 0.6) is 0 Å². The summed E-state index contributed by atoms with van der Waals surface area (Å²) in [6.07, 6.45) is 3.37. The first-order valence-electron chi connectivity index (χ1n) is 15.3. The first-order chi connectivity index (χ1) is 22.0. The molecule has 1 aliphatic carbocycles. The molecule has 0 bridgehead atoms. The van der Waals surface area contributed by atoms with Gasteiger partial charge in [-0.05, 0) is 80.1 Å². The molecule has 1 saturated carbocycles. The van der Waals surface area contributed by atoms with Crippen molar-refractivity contribution in [3.8, 4) is 22.5 Å². The number of aryl methyl sites for hydroxylation is 1. The predicted molar refractivity (Wildman–Crippen MR) is 173 cm³/mol. The van der Waals surface area contributed by atoms with Gasteiger partial charge in [-0.15, -0.1) is 10.2 Å². The Balaban J connectivity index is 1.21. The van der Waals surface area contributed by atoms with Gasteiger partial charge in [-0.3, -0.25) is 9.69 Å². The largest absolute Gasteiger partial charge is 0.444 e. The molecule has 11 nitrogen and oxygen atoms in total. The Morgan fingerprint density at radius 1 is 1.09 bits per heavy atom. The second kappa shape index (κ2) is 12.4. The number of ether oxygens (including phenoxy) is 2. The number of benzene rings is 2. The molecule has 2 aromatic carbocycles. The monoisotopic (exact) mass is 619 g/mol. The van der Waals surface area contributed by atoms with Gasteiger partial charge in [0.05, 0.1) is 26.3 Å². The lowest BCUT2D eigenvalue weighted by atomic mass is 9.97. The van der Waals surface area contributed by atoms with E-state index in [9.17, 15) is 9.59 Å². The van der Waals surface area contributed by atoms with Crippen molar-refractivity contribution < 1.29 is 19.1 Å². The smallest absolute Gasteiger partial charge is 0.410 e. The zero-order valence-electron chi connectivity index (χ0n) is 26.8. The number of fused-ring (bicyclic) bond motifs is 1. The lowest BCUT2D eigenvalue weighted by molar-refractivity contribution is 0.0221. The number of likely N-dealkylation sites (N-methyl/N-ethyl adjacent to an activating group) is 1. The number of aromatic nitrogens is 4. The van der Waals surface area contributed by atoms with Gasteiger partial charge in [0.15, 0.2) is 11.5 Å². The molecular formula is C35H37N7O4. The summed E-state index contributed by atoms with van der Waals surface area (Å²) in [5.41, 5.74) is 5.96. The van der Waals surface area contributed by atoms with E-state index in [1.165, 1.54) is 4.90 Å². The van der Waals surface area contributed by atoms with E-state index in [1.807, 2.05) is 68.8 Å². The number of carbonyl (C=O) groups excluding carboxylic acids is 2. The van der Waals surface area contributed by atoms with E-state index in [-0.39, 0.29) is 5.91 Å². The summed E-state index contributed by atoms with van der Waals surface area (Å²) in [5.74, 6) is 1.51. The van der Waals surface area contributed by atoms with Crippen molar-refractivity contribution in [2.45, 2.75) is 58.3 Å². The number of anilines is 1. The van der Waals surface area contributed by atoms with Crippen molar-refractivity contribution in [2.75, 3.05) is 25.1 Å². The molecule has 0 spiro atoms. The quantitative estimate of drug-likeness (QED) is 0.155. The van der Waals surface area contributed by atoms with Crippen LogP contribution in [0.3, 0.4) is 0 Å². The number of rotatable bonds is 9. The van der Waals surface area contributed by atoms with Crippen molar-refractivity contribution in [3.05, 3.63) is 88.7 Å². The van der Waals surface area contributed by atoms with Crippen LogP contribution in [-0.2, 0) is 29.7 Å². The normalized spacial score (nSPS) is 14.3. The van der Waals surface area contributed by atoms with Crippen molar-refractivity contribution in [1.82, 2.24) is 24.6 Å². The molecule has 4 aromatic rings. The molecule has 0 unspecified atom stereocenters. The lowest BCUT2D eigenvalue weighted by Crippen LogP contribution is -2.36. The molecule has 236 valence electrons. The van der Waals surface area contributed by atoms with Gasteiger partial charge in [0.25, 0.3) is 5.91 Å². The second-order valence-corrected chi connectivity index (χ2v) is 12.9. The summed E-state index contributed by atoms with van der Waals surface area (Å²) in [4.78, 5) is 37.8. The van der Waals surface area contributed by atoms with Crippen LogP contribution >= 0.6 is 0 Å². The van der Waals surface area contributed by atoms with Crippen LogP contribution in [-0.4, -0.2) is 62.4 Å². The molecule has 0 radical (unpaired) electrons. The number of pyridine rings is 1. The first kappa shape index (κ1) is 30.9. The Hall–Kier alpha value is -5.08. The average molecular weight is 620 g/mol. The van der Waals surface area contributed by atoms with Gasteiger partial charge in [0.1, 0.15) is 17.7 Å². The molecule has 0 saturated heterocycles. The van der Waals surface area contributed by atoms with Gasteiger partial charge in [0, 0.05) is 43.4 Å². The average Bonchev–Trinajstić information content (AvgIpc) is 3.72. The van der Waals surface area contributed by atoms with E-state index >= 15 is 0 Å². The Morgan fingerprint density at radius 3 is 2.59 bits per heavy atom. The number of nitrogens with zero attached hydrogens (tertiary/aromatic N) is 7. The minimum Gasteiger partial charge on any atom is -0.444 e. The predicted octanol–water partition coefficient (Wildman–Crippen LogP) is 6.52. The molecule has 0 atom stereocenters. The van der Waals surface area contributed by atoms with Crippen molar-refractivity contribution in [3.63, 3.8) is 0 Å². The molecule has 2 amide bonds.